The van der Waals surface area contributed by atoms with Crippen LogP contribution in [0.15, 0.2) is 24.3 Å². The molecule has 0 saturated heterocycles. The zero-order chi connectivity index (χ0) is 18.8. The maximum Gasteiger partial charge on any atom is 0.410 e. The summed E-state index contributed by atoms with van der Waals surface area (Å²) in [6, 6.07) is 0. The summed E-state index contributed by atoms with van der Waals surface area (Å²) in [5, 5.41) is 8.78. The molecule has 0 saturated carbocycles. The average molecular weight is 329 g/mol. The normalized spacial score (nSPS) is 9.83. The van der Waals surface area contributed by atoms with Crippen LogP contribution in [0.2, 0.25) is 0 Å². The smallest absolute Gasteiger partial charge is 0.410 e. The van der Waals surface area contributed by atoms with Crippen molar-refractivity contribution in [3.8, 4) is 0 Å². The van der Waals surface area contributed by atoms with E-state index in [1.165, 1.54) is 28.0 Å². The molecule has 0 aliphatic rings. The largest absolute Gasteiger partial charge is 0.466 e. The second-order valence-electron chi connectivity index (χ2n) is 5.30. The molecule has 0 aliphatic heterocycles. The van der Waals surface area contributed by atoms with Crippen molar-refractivity contribution in [2.75, 3.05) is 14.2 Å². The lowest BCUT2D eigenvalue weighted by atomic mass is 10.2. The number of nitrogens with zero attached hydrogens (tertiary/aromatic N) is 1. The van der Waals surface area contributed by atoms with Crippen LogP contribution in [0.25, 0.3) is 0 Å². The molecule has 132 valence electrons. The highest BCUT2D eigenvalue weighted by Crippen LogP contribution is 2.17. The van der Waals surface area contributed by atoms with Gasteiger partial charge in [-0.2, -0.15) is 0 Å². The molecule has 0 aromatic rings. The van der Waals surface area contributed by atoms with Gasteiger partial charge in [0.25, 0.3) is 0 Å². The summed E-state index contributed by atoms with van der Waals surface area (Å²) in [5.74, 6) is -0.903. The summed E-state index contributed by atoms with van der Waals surface area (Å²) in [4.78, 5) is 33.4. The van der Waals surface area contributed by atoms with E-state index in [1.807, 2.05) is 6.92 Å². The van der Waals surface area contributed by atoms with Crippen LogP contribution in [0.5, 0.6) is 0 Å². The van der Waals surface area contributed by atoms with Crippen molar-refractivity contribution in [2.45, 2.75) is 46.3 Å². The van der Waals surface area contributed by atoms with E-state index in [1.54, 1.807) is 6.92 Å². The van der Waals surface area contributed by atoms with Crippen LogP contribution in [0.4, 0.5) is 4.79 Å². The Balaban J connectivity index is 0. The molecule has 0 fully saturated rings. The summed E-state index contributed by atoms with van der Waals surface area (Å²) in [7, 11) is 2.68. The predicted octanol–water partition coefficient (Wildman–Crippen LogP) is 2.97. The Morgan fingerprint density at radius 3 is 1.91 bits per heavy atom. The summed E-state index contributed by atoms with van der Waals surface area (Å²) < 4.78 is 9.36. The van der Waals surface area contributed by atoms with Gasteiger partial charge in [-0.05, 0) is 27.2 Å². The van der Waals surface area contributed by atoms with E-state index >= 15 is 0 Å². The van der Waals surface area contributed by atoms with Gasteiger partial charge in [-0.25, -0.2) is 14.4 Å². The third-order valence-corrected chi connectivity index (χ3v) is 2.81. The molecule has 0 aliphatic carbocycles. The number of carbonyl (C=O) groups is 3. The van der Waals surface area contributed by atoms with E-state index in [0.29, 0.717) is 17.6 Å². The molecule has 0 aromatic carbocycles. The Kier molecular flexibility index (Phi) is 10.4. The van der Waals surface area contributed by atoms with Gasteiger partial charge in [0.2, 0.25) is 0 Å². The van der Waals surface area contributed by atoms with Crippen LogP contribution in [-0.4, -0.2) is 47.9 Å². The fourth-order valence-corrected chi connectivity index (χ4v) is 1.18. The highest BCUT2D eigenvalue weighted by Gasteiger charge is 2.31. The molecular formula is C16H27NO6. The average Bonchev–Trinajstić information content (AvgIpc) is 2.45. The summed E-state index contributed by atoms with van der Waals surface area (Å²) in [6.45, 7) is 13.5. The fraction of sp³-hybridized carbons (Fsp3) is 0.562. The molecule has 23 heavy (non-hydrogen) atoms. The molecule has 0 radical (unpaired) electrons. The van der Waals surface area contributed by atoms with Crippen molar-refractivity contribution in [2.24, 2.45) is 0 Å². The van der Waals surface area contributed by atoms with Gasteiger partial charge in [-0.15, -0.1) is 0 Å². The molecule has 7 heteroatoms. The van der Waals surface area contributed by atoms with Gasteiger partial charge in [-0.3, -0.25) is 4.90 Å². The maximum absolute atomic E-state index is 11.5. The van der Waals surface area contributed by atoms with Gasteiger partial charge < -0.3 is 14.6 Å². The molecular weight excluding hydrogens is 302 g/mol. The van der Waals surface area contributed by atoms with Gasteiger partial charge in [0.05, 0.1) is 7.11 Å². The minimum atomic E-state index is -1.19. The lowest BCUT2D eigenvalue weighted by Crippen LogP contribution is -2.47. The molecule has 0 aromatic heterocycles. The monoisotopic (exact) mass is 329 g/mol. The zero-order valence-corrected chi connectivity index (χ0v) is 14.8. The van der Waals surface area contributed by atoms with Crippen molar-refractivity contribution in [3.63, 3.8) is 0 Å². The van der Waals surface area contributed by atoms with Crippen LogP contribution in [0.1, 0.15) is 40.5 Å². The predicted molar refractivity (Wildman–Crippen MR) is 86.8 cm³/mol. The first kappa shape index (κ1) is 23.0. The molecule has 0 heterocycles. The van der Waals surface area contributed by atoms with E-state index in [0.717, 1.165) is 11.3 Å². The molecule has 0 spiro atoms. The van der Waals surface area contributed by atoms with Crippen LogP contribution in [0, 0.1) is 0 Å². The van der Waals surface area contributed by atoms with Crippen molar-refractivity contribution < 1.29 is 29.0 Å². The third kappa shape index (κ3) is 9.34. The molecule has 0 bridgehead atoms. The second-order valence-corrected chi connectivity index (χ2v) is 5.30. The Morgan fingerprint density at radius 2 is 1.65 bits per heavy atom. The lowest BCUT2D eigenvalue weighted by molar-refractivity contribution is -0.165. The first-order chi connectivity index (χ1) is 10.4. The minimum Gasteiger partial charge on any atom is -0.466 e. The SMILES string of the molecule is C=C(C)C(=O)OC.C=C(CCC)C(=O)OC(C)(C)N(C)C(=O)O. The highest BCUT2D eigenvalue weighted by atomic mass is 16.6. The summed E-state index contributed by atoms with van der Waals surface area (Å²) in [5.41, 5.74) is -0.406. The topological polar surface area (TPSA) is 93.1 Å². The number of carbonyl (C=O) groups excluding carboxylic acids is 2. The van der Waals surface area contributed by atoms with Crippen LogP contribution < -0.4 is 0 Å². The van der Waals surface area contributed by atoms with E-state index in [4.69, 9.17) is 9.84 Å². The van der Waals surface area contributed by atoms with Gasteiger partial charge in [0.15, 0.2) is 5.72 Å². The quantitative estimate of drug-likeness (QED) is 0.457. The number of methoxy groups -OCH3 is 1. The van der Waals surface area contributed by atoms with Crippen LogP contribution >= 0.6 is 0 Å². The van der Waals surface area contributed by atoms with Crippen molar-refractivity contribution in [1.29, 1.82) is 0 Å². The minimum absolute atomic E-state index is 0.347. The number of ether oxygens (including phenoxy) is 2. The number of hydrogen-bond donors (Lipinski definition) is 1. The Morgan fingerprint density at radius 1 is 1.17 bits per heavy atom. The Labute approximate surface area is 137 Å². The molecule has 7 nitrogen and oxygen atoms in total. The highest BCUT2D eigenvalue weighted by molar-refractivity contribution is 5.88. The Hall–Kier alpha value is -2.31. The number of amides is 1. The lowest BCUT2D eigenvalue weighted by Gasteiger charge is -2.32. The number of carboxylic acid groups (broad SMARTS) is 1. The standard InChI is InChI=1S/C11H19NO4.C5H8O2/c1-6-7-8(2)9(13)16-11(3,4)12(5)10(14)15;1-4(2)5(6)7-3/h2,6-7H2,1,3-5H3,(H,14,15);1H2,2-3H3. The fourth-order valence-electron chi connectivity index (χ4n) is 1.18. The number of rotatable bonds is 6. The van der Waals surface area contributed by atoms with E-state index in [-0.39, 0.29) is 5.97 Å². The van der Waals surface area contributed by atoms with E-state index in [9.17, 15) is 14.4 Å². The molecule has 1 amide bonds. The summed E-state index contributed by atoms with van der Waals surface area (Å²) >= 11 is 0. The van der Waals surface area contributed by atoms with Gasteiger partial charge in [-0.1, -0.05) is 26.5 Å². The van der Waals surface area contributed by atoms with E-state index < -0.39 is 17.8 Å². The first-order valence-corrected chi connectivity index (χ1v) is 7.02. The third-order valence-electron chi connectivity index (χ3n) is 2.81. The maximum atomic E-state index is 11.5. The Bertz CT molecular complexity index is 467. The van der Waals surface area contributed by atoms with Crippen molar-refractivity contribution in [3.05, 3.63) is 24.3 Å². The molecule has 0 atom stereocenters. The van der Waals surface area contributed by atoms with Crippen LogP contribution in [-0.2, 0) is 19.1 Å². The van der Waals surface area contributed by atoms with Crippen molar-refractivity contribution in [1.82, 2.24) is 4.90 Å². The number of esters is 2. The molecule has 1 N–H and O–H groups in total. The van der Waals surface area contributed by atoms with Crippen LogP contribution in [0.3, 0.4) is 0 Å². The van der Waals surface area contributed by atoms with Crippen molar-refractivity contribution >= 4 is 18.0 Å². The summed E-state index contributed by atoms with van der Waals surface area (Å²) in [6.07, 6.45) is 0.188. The molecule has 0 unspecified atom stereocenters. The zero-order valence-electron chi connectivity index (χ0n) is 14.8. The molecule has 0 rings (SSSR count). The number of hydrogen-bond acceptors (Lipinski definition) is 5. The van der Waals surface area contributed by atoms with Gasteiger partial charge >= 0.3 is 18.0 Å². The second kappa shape index (κ2) is 10.4. The van der Waals surface area contributed by atoms with Gasteiger partial charge in [0.1, 0.15) is 0 Å². The first-order valence-electron chi connectivity index (χ1n) is 7.02. The van der Waals surface area contributed by atoms with E-state index in [2.05, 4.69) is 17.9 Å². The van der Waals surface area contributed by atoms with Gasteiger partial charge in [0, 0.05) is 18.2 Å².